The Kier molecular flexibility index (Phi) is 3.70. The lowest BCUT2D eigenvalue weighted by Gasteiger charge is -1.98. The van der Waals surface area contributed by atoms with E-state index in [-0.39, 0.29) is 5.78 Å². The van der Waals surface area contributed by atoms with Gasteiger partial charge in [-0.3, -0.25) is 9.78 Å². The van der Waals surface area contributed by atoms with E-state index in [0.29, 0.717) is 10.8 Å². The summed E-state index contributed by atoms with van der Waals surface area (Å²) < 4.78 is 0.660. The Labute approximate surface area is 103 Å². The van der Waals surface area contributed by atoms with Crippen molar-refractivity contribution in [2.24, 2.45) is 0 Å². The van der Waals surface area contributed by atoms with Crippen LogP contribution in [-0.2, 0) is 6.42 Å². The van der Waals surface area contributed by atoms with Crippen LogP contribution in [0.1, 0.15) is 21.7 Å². The predicted octanol–water partition coefficient (Wildman–Crippen LogP) is 3.61. The van der Waals surface area contributed by atoms with E-state index in [4.69, 9.17) is 11.6 Å². The van der Waals surface area contributed by atoms with Crippen molar-refractivity contribution in [3.63, 3.8) is 0 Å². The van der Waals surface area contributed by atoms with E-state index in [2.05, 4.69) is 4.98 Å². The van der Waals surface area contributed by atoms with E-state index in [1.54, 1.807) is 24.5 Å². The first kappa shape index (κ1) is 11.3. The Morgan fingerprint density at radius 1 is 1.25 bits per heavy atom. The number of thiophene rings is 1. The fourth-order valence-electron chi connectivity index (χ4n) is 1.39. The Morgan fingerprint density at radius 2 is 2.00 bits per heavy atom. The number of carbonyl (C=O) groups excluding carboxylic acids is 1. The van der Waals surface area contributed by atoms with Crippen molar-refractivity contribution in [3.05, 3.63) is 51.4 Å². The number of hydrogen-bond acceptors (Lipinski definition) is 3. The second-order valence-electron chi connectivity index (χ2n) is 3.38. The number of carbonyl (C=O) groups is 1. The molecule has 0 aliphatic carbocycles. The van der Waals surface area contributed by atoms with Gasteiger partial charge in [-0.05, 0) is 36.2 Å². The molecule has 2 nitrogen and oxygen atoms in total. The van der Waals surface area contributed by atoms with Crippen LogP contribution in [0.5, 0.6) is 0 Å². The van der Waals surface area contributed by atoms with Crippen molar-refractivity contribution >= 4 is 28.7 Å². The van der Waals surface area contributed by atoms with Crippen molar-refractivity contribution in [2.45, 2.75) is 12.8 Å². The van der Waals surface area contributed by atoms with Crippen molar-refractivity contribution in [3.8, 4) is 0 Å². The molecule has 0 saturated carbocycles. The molecule has 2 heterocycles. The quantitative estimate of drug-likeness (QED) is 0.777. The first-order chi connectivity index (χ1) is 7.75. The maximum Gasteiger partial charge on any atom is 0.173 e. The number of hydrogen-bond donors (Lipinski definition) is 0. The largest absolute Gasteiger partial charge is 0.293 e. The molecule has 0 fully saturated rings. The minimum Gasteiger partial charge on any atom is -0.293 e. The highest BCUT2D eigenvalue weighted by Crippen LogP contribution is 2.22. The standard InChI is InChI=1S/C12H10ClNOS/c13-12-4-3-11(16-12)10(15)2-1-9-5-7-14-8-6-9/h3-8H,1-2H2. The number of ketones is 1. The van der Waals surface area contributed by atoms with E-state index in [1.807, 2.05) is 12.1 Å². The van der Waals surface area contributed by atoms with Gasteiger partial charge in [0.2, 0.25) is 0 Å². The summed E-state index contributed by atoms with van der Waals surface area (Å²) >= 11 is 7.11. The molecular formula is C12H10ClNOS. The number of halogens is 1. The van der Waals surface area contributed by atoms with Crippen molar-refractivity contribution in [1.29, 1.82) is 0 Å². The third kappa shape index (κ3) is 2.90. The van der Waals surface area contributed by atoms with Gasteiger partial charge < -0.3 is 0 Å². The van der Waals surface area contributed by atoms with Crippen LogP contribution < -0.4 is 0 Å². The van der Waals surface area contributed by atoms with Crippen LogP contribution in [-0.4, -0.2) is 10.8 Å². The van der Waals surface area contributed by atoms with Gasteiger partial charge in [-0.25, -0.2) is 0 Å². The highest BCUT2D eigenvalue weighted by atomic mass is 35.5. The molecule has 0 amide bonds. The molecule has 82 valence electrons. The van der Waals surface area contributed by atoms with Gasteiger partial charge >= 0.3 is 0 Å². The number of nitrogens with zero attached hydrogens (tertiary/aromatic N) is 1. The molecule has 0 bridgehead atoms. The average Bonchev–Trinajstić information content (AvgIpc) is 2.74. The van der Waals surface area contributed by atoms with Crippen LogP contribution >= 0.6 is 22.9 Å². The Morgan fingerprint density at radius 3 is 2.62 bits per heavy atom. The number of pyridine rings is 1. The number of aromatic nitrogens is 1. The molecule has 0 radical (unpaired) electrons. The summed E-state index contributed by atoms with van der Waals surface area (Å²) in [6.07, 6.45) is 4.74. The van der Waals surface area contributed by atoms with Gasteiger partial charge in [0.05, 0.1) is 9.21 Å². The second-order valence-corrected chi connectivity index (χ2v) is 5.10. The third-order valence-corrected chi connectivity index (χ3v) is 3.51. The zero-order chi connectivity index (χ0) is 11.4. The second kappa shape index (κ2) is 5.23. The van der Waals surface area contributed by atoms with Crippen LogP contribution in [0.2, 0.25) is 4.34 Å². The third-order valence-electron chi connectivity index (χ3n) is 2.24. The van der Waals surface area contributed by atoms with E-state index < -0.39 is 0 Å². The Hall–Kier alpha value is -1.19. The van der Waals surface area contributed by atoms with Crippen molar-refractivity contribution < 1.29 is 4.79 Å². The van der Waals surface area contributed by atoms with Crippen molar-refractivity contribution in [2.75, 3.05) is 0 Å². The zero-order valence-electron chi connectivity index (χ0n) is 8.52. The molecule has 0 unspecified atom stereocenters. The molecule has 0 saturated heterocycles. The van der Waals surface area contributed by atoms with Crippen LogP contribution in [0.4, 0.5) is 0 Å². The predicted molar refractivity (Wildman–Crippen MR) is 66.2 cm³/mol. The lowest BCUT2D eigenvalue weighted by molar-refractivity contribution is 0.0986. The summed E-state index contributed by atoms with van der Waals surface area (Å²) in [7, 11) is 0. The van der Waals surface area contributed by atoms with Crippen molar-refractivity contribution in [1.82, 2.24) is 4.98 Å². The van der Waals surface area contributed by atoms with Crippen LogP contribution in [0.3, 0.4) is 0 Å². The van der Waals surface area contributed by atoms with Gasteiger partial charge in [-0.2, -0.15) is 0 Å². The van der Waals surface area contributed by atoms with E-state index in [9.17, 15) is 4.79 Å². The summed E-state index contributed by atoms with van der Waals surface area (Å²) in [4.78, 5) is 16.4. The monoisotopic (exact) mass is 251 g/mol. The van der Waals surface area contributed by atoms with Gasteiger partial charge in [0, 0.05) is 18.8 Å². The molecule has 2 aromatic heterocycles. The van der Waals surface area contributed by atoms with Crippen LogP contribution in [0.25, 0.3) is 0 Å². The van der Waals surface area contributed by atoms with Gasteiger partial charge in [-0.1, -0.05) is 11.6 Å². The molecule has 0 aliphatic rings. The topological polar surface area (TPSA) is 30.0 Å². The Bertz CT molecular complexity index is 481. The van der Waals surface area contributed by atoms with Gasteiger partial charge in [-0.15, -0.1) is 11.3 Å². The summed E-state index contributed by atoms with van der Waals surface area (Å²) in [5.74, 6) is 0.147. The molecule has 0 N–H and O–H groups in total. The molecule has 16 heavy (non-hydrogen) atoms. The molecule has 2 rings (SSSR count). The summed E-state index contributed by atoms with van der Waals surface area (Å²) in [5, 5.41) is 0. The normalized spacial score (nSPS) is 10.3. The fourth-order valence-corrected chi connectivity index (χ4v) is 2.41. The van der Waals surface area contributed by atoms with Gasteiger partial charge in [0.25, 0.3) is 0 Å². The minimum absolute atomic E-state index is 0.147. The summed E-state index contributed by atoms with van der Waals surface area (Å²) in [6, 6.07) is 7.39. The number of rotatable bonds is 4. The molecule has 0 aliphatic heterocycles. The number of Topliss-reactive ketones (excluding diaryl/α,β-unsaturated/α-hetero) is 1. The highest BCUT2D eigenvalue weighted by Gasteiger charge is 2.08. The van der Waals surface area contributed by atoms with Gasteiger partial charge in [0.1, 0.15) is 0 Å². The maximum atomic E-state index is 11.8. The SMILES string of the molecule is O=C(CCc1ccncc1)c1ccc(Cl)s1. The minimum atomic E-state index is 0.147. The van der Waals surface area contributed by atoms with Crippen LogP contribution in [0.15, 0.2) is 36.7 Å². The number of aryl methyl sites for hydroxylation is 1. The zero-order valence-corrected chi connectivity index (χ0v) is 10.1. The summed E-state index contributed by atoms with van der Waals surface area (Å²) in [5.41, 5.74) is 1.13. The van der Waals surface area contributed by atoms with Crippen LogP contribution in [0, 0.1) is 0 Å². The molecule has 0 aromatic carbocycles. The molecular weight excluding hydrogens is 242 g/mol. The van der Waals surface area contributed by atoms with Gasteiger partial charge in [0.15, 0.2) is 5.78 Å². The summed E-state index contributed by atoms with van der Waals surface area (Å²) in [6.45, 7) is 0. The fraction of sp³-hybridized carbons (Fsp3) is 0.167. The molecule has 4 heteroatoms. The van der Waals surface area contributed by atoms with E-state index in [0.717, 1.165) is 16.9 Å². The van der Waals surface area contributed by atoms with E-state index in [1.165, 1.54) is 11.3 Å². The highest BCUT2D eigenvalue weighted by molar-refractivity contribution is 7.18. The first-order valence-corrected chi connectivity index (χ1v) is 6.12. The maximum absolute atomic E-state index is 11.8. The van der Waals surface area contributed by atoms with E-state index >= 15 is 0 Å². The average molecular weight is 252 g/mol. The molecule has 0 atom stereocenters. The molecule has 0 spiro atoms. The Balaban J connectivity index is 1.94. The lowest BCUT2D eigenvalue weighted by Crippen LogP contribution is -1.98. The first-order valence-electron chi connectivity index (χ1n) is 4.93. The lowest BCUT2D eigenvalue weighted by atomic mass is 10.1. The molecule has 2 aromatic rings. The smallest absolute Gasteiger partial charge is 0.173 e.